The summed E-state index contributed by atoms with van der Waals surface area (Å²) in [5.74, 6) is -0.406. The highest BCUT2D eigenvalue weighted by Crippen LogP contribution is 2.19. The molecule has 2 aromatic rings. The minimum absolute atomic E-state index is 0.132. The van der Waals surface area contributed by atoms with E-state index < -0.39 is 5.82 Å². The smallest absolute Gasteiger partial charge is 0.165 e. The molecule has 1 heterocycles. The van der Waals surface area contributed by atoms with Crippen LogP contribution >= 0.6 is 0 Å². The number of rotatable bonds is 5. The molecular formula is C14H15FN2O2. The number of aromatic nitrogens is 2. The number of hydrogen-bond donors (Lipinski definition) is 0. The number of hydrogen-bond acceptors (Lipinski definition) is 3. The Morgan fingerprint density at radius 2 is 2.21 bits per heavy atom. The molecule has 0 saturated carbocycles. The van der Waals surface area contributed by atoms with E-state index in [9.17, 15) is 9.18 Å². The van der Waals surface area contributed by atoms with Crippen LogP contribution in [0, 0.1) is 12.7 Å². The molecule has 1 aromatic carbocycles. The Balaban J connectivity index is 2.11. The van der Waals surface area contributed by atoms with Gasteiger partial charge in [0.05, 0.1) is 11.4 Å². The van der Waals surface area contributed by atoms with Crippen molar-refractivity contribution in [1.29, 1.82) is 0 Å². The van der Waals surface area contributed by atoms with Gasteiger partial charge in [0.25, 0.3) is 0 Å². The number of aryl methyl sites for hydroxylation is 2. The van der Waals surface area contributed by atoms with Crippen molar-refractivity contribution in [2.75, 3.05) is 0 Å². The first-order valence-corrected chi connectivity index (χ1v) is 6.05. The molecule has 19 heavy (non-hydrogen) atoms. The van der Waals surface area contributed by atoms with Crippen LogP contribution in [0.25, 0.3) is 0 Å². The van der Waals surface area contributed by atoms with E-state index >= 15 is 0 Å². The van der Waals surface area contributed by atoms with E-state index in [0.29, 0.717) is 11.8 Å². The van der Waals surface area contributed by atoms with Gasteiger partial charge in [0.1, 0.15) is 12.9 Å². The second kappa shape index (κ2) is 5.65. The van der Waals surface area contributed by atoms with Gasteiger partial charge in [-0.25, -0.2) is 4.39 Å². The predicted molar refractivity (Wildman–Crippen MR) is 68.8 cm³/mol. The minimum atomic E-state index is -0.538. The second-order valence-corrected chi connectivity index (χ2v) is 4.19. The Hall–Kier alpha value is -2.17. The van der Waals surface area contributed by atoms with Crippen LogP contribution < -0.4 is 4.74 Å². The molecule has 0 amide bonds. The van der Waals surface area contributed by atoms with Gasteiger partial charge in [0, 0.05) is 12.1 Å². The lowest BCUT2D eigenvalue weighted by atomic mass is 10.2. The van der Waals surface area contributed by atoms with Crippen LogP contribution in [0.15, 0.2) is 24.3 Å². The number of halogens is 1. The Morgan fingerprint density at radius 1 is 1.42 bits per heavy atom. The third kappa shape index (κ3) is 2.99. The number of ether oxygens (including phenoxy) is 1. The van der Waals surface area contributed by atoms with E-state index in [4.69, 9.17) is 4.74 Å². The van der Waals surface area contributed by atoms with Crippen LogP contribution in [0.3, 0.4) is 0 Å². The number of aldehydes is 1. The molecule has 0 aliphatic carbocycles. The Kier molecular flexibility index (Phi) is 3.94. The lowest BCUT2D eigenvalue weighted by Gasteiger charge is -2.08. The van der Waals surface area contributed by atoms with E-state index in [1.54, 1.807) is 0 Å². The zero-order valence-corrected chi connectivity index (χ0v) is 10.9. The lowest BCUT2D eigenvalue weighted by molar-refractivity contribution is 0.112. The fourth-order valence-electron chi connectivity index (χ4n) is 1.85. The number of benzene rings is 1. The normalized spacial score (nSPS) is 10.5. The van der Waals surface area contributed by atoms with E-state index in [0.717, 1.165) is 24.0 Å². The fraction of sp³-hybridized carbons (Fsp3) is 0.286. The molecule has 4 nitrogen and oxygen atoms in total. The Labute approximate surface area is 110 Å². The SMILES string of the molecule is CCn1nc(C)cc1COc1ccc(C=O)cc1F. The summed E-state index contributed by atoms with van der Waals surface area (Å²) in [6.07, 6.45) is 0.600. The van der Waals surface area contributed by atoms with Gasteiger partial charge in [0.2, 0.25) is 0 Å². The average molecular weight is 262 g/mol. The highest BCUT2D eigenvalue weighted by atomic mass is 19.1. The summed E-state index contributed by atoms with van der Waals surface area (Å²) in [4.78, 5) is 10.5. The molecule has 0 atom stereocenters. The monoisotopic (exact) mass is 262 g/mol. The minimum Gasteiger partial charge on any atom is -0.484 e. The molecule has 0 spiro atoms. The molecule has 100 valence electrons. The first-order chi connectivity index (χ1) is 9.13. The highest BCUT2D eigenvalue weighted by molar-refractivity contribution is 5.74. The number of carbonyl (C=O) groups is 1. The maximum Gasteiger partial charge on any atom is 0.165 e. The molecule has 0 aliphatic rings. The average Bonchev–Trinajstić information content (AvgIpc) is 2.77. The van der Waals surface area contributed by atoms with Crippen LogP contribution in [0.4, 0.5) is 4.39 Å². The Bertz CT molecular complexity index is 593. The molecule has 0 bridgehead atoms. The lowest BCUT2D eigenvalue weighted by Crippen LogP contribution is -2.06. The summed E-state index contributed by atoms with van der Waals surface area (Å²) in [6, 6.07) is 6.04. The molecule has 0 aliphatic heterocycles. The van der Waals surface area contributed by atoms with Crippen molar-refractivity contribution < 1.29 is 13.9 Å². The maximum atomic E-state index is 13.6. The molecular weight excluding hydrogens is 247 g/mol. The van der Waals surface area contributed by atoms with E-state index in [1.807, 2.05) is 24.6 Å². The fourth-order valence-corrected chi connectivity index (χ4v) is 1.85. The summed E-state index contributed by atoms with van der Waals surface area (Å²) in [5, 5.41) is 4.29. The van der Waals surface area contributed by atoms with Crippen LogP contribution in [0.2, 0.25) is 0 Å². The maximum absolute atomic E-state index is 13.6. The zero-order chi connectivity index (χ0) is 13.8. The Morgan fingerprint density at radius 3 is 2.84 bits per heavy atom. The van der Waals surface area contributed by atoms with Gasteiger partial charge >= 0.3 is 0 Å². The summed E-state index contributed by atoms with van der Waals surface area (Å²) in [5.41, 5.74) is 2.08. The third-order valence-electron chi connectivity index (χ3n) is 2.75. The van der Waals surface area contributed by atoms with Crippen molar-refractivity contribution in [2.45, 2.75) is 27.0 Å². The van der Waals surface area contributed by atoms with Gasteiger partial charge in [-0.15, -0.1) is 0 Å². The van der Waals surface area contributed by atoms with Gasteiger partial charge in [-0.05, 0) is 38.1 Å². The van der Waals surface area contributed by atoms with Crippen molar-refractivity contribution in [2.24, 2.45) is 0 Å². The van der Waals surface area contributed by atoms with Crippen LogP contribution in [0.1, 0.15) is 28.7 Å². The van der Waals surface area contributed by atoms with Gasteiger partial charge in [-0.3, -0.25) is 9.48 Å². The van der Waals surface area contributed by atoms with Gasteiger partial charge in [0.15, 0.2) is 11.6 Å². The third-order valence-corrected chi connectivity index (χ3v) is 2.75. The van der Waals surface area contributed by atoms with Crippen molar-refractivity contribution in [1.82, 2.24) is 9.78 Å². The number of nitrogens with zero attached hydrogens (tertiary/aromatic N) is 2. The van der Waals surface area contributed by atoms with Crippen molar-refractivity contribution in [3.8, 4) is 5.75 Å². The predicted octanol–water partition coefficient (Wildman–Crippen LogP) is 2.74. The molecule has 0 radical (unpaired) electrons. The van der Waals surface area contributed by atoms with Gasteiger partial charge in [-0.1, -0.05) is 0 Å². The second-order valence-electron chi connectivity index (χ2n) is 4.19. The molecule has 1 aromatic heterocycles. The largest absolute Gasteiger partial charge is 0.484 e. The van der Waals surface area contributed by atoms with Crippen LogP contribution in [-0.2, 0) is 13.2 Å². The highest BCUT2D eigenvalue weighted by Gasteiger charge is 2.08. The topological polar surface area (TPSA) is 44.1 Å². The van der Waals surface area contributed by atoms with E-state index in [2.05, 4.69) is 5.10 Å². The summed E-state index contributed by atoms with van der Waals surface area (Å²) >= 11 is 0. The van der Waals surface area contributed by atoms with Crippen molar-refractivity contribution in [3.05, 3.63) is 47.0 Å². The van der Waals surface area contributed by atoms with Gasteiger partial charge < -0.3 is 4.74 Å². The van der Waals surface area contributed by atoms with E-state index in [-0.39, 0.29) is 12.4 Å². The summed E-state index contributed by atoms with van der Waals surface area (Å²) in [7, 11) is 0. The zero-order valence-electron chi connectivity index (χ0n) is 10.9. The molecule has 0 fully saturated rings. The van der Waals surface area contributed by atoms with E-state index in [1.165, 1.54) is 12.1 Å². The molecule has 5 heteroatoms. The first-order valence-electron chi connectivity index (χ1n) is 6.05. The summed E-state index contributed by atoms with van der Waals surface area (Å²) in [6.45, 7) is 4.86. The molecule has 0 N–H and O–H groups in total. The van der Waals surface area contributed by atoms with Crippen molar-refractivity contribution in [3.63, 3.8) is 0 Å². The molecule has 2 rings (SSSR count). The van der Waals surface area contributed by atoms with Crippen molar-refractivity contribution >= 4 is 6.29 Å². The molecule has 0 saturated heterocycles. The summed E-state index contributed by atoms with van der Waals surface area (Å²) < 4.78 is 20.9. The number of carbonyl (C=O) groups excluding carboxylic acids is 1. The first kappa shape index (κ1) is 13.3. The van der Waals surface area contributed by atoms with Crippen LogP contribution in [0.5, 0.6) is 5.75 Å². The van der Waals surface area contributed by atoms with Gasteiger partial charge in [-0.2, -0.15) is 5.10 Å². The standard InChI is InChI=1S/C14H15FN2O2/c1-3-17-12(6-10(2)16-17)9-19-14-5-4-11(8-18)7-13(14)15/h4-8H,3,9H2,1-2H3. The molecule has 0 unspecified atom stereocenters. The quantitative estimate of drug-likeness (QED) is 0.778. The van der Waals surface area contributed by atoms with Crippen LogP contribution in [-0.4, -0.2) is 16.1 Å².